The fourth-order valence-electron chi connectivity index (χ4n) is 3.72. The van der Waals surface area contributed by atoms with E-state index in [0.29, 0.717) is 25.6 Å². The van der Waals surface area contributed by atoms with Crippen LogP contribution in [-0.2, 0) is 25.4 Å². The molecule has 1 amide bonds. The number of aromatic nitrogens is 4. The highest BCUT2D eigenvalue weighted by Gasteiger charge is 2.34. The van der Waals surface area contributed by atoms with Crippen molar-refractivity contribution < 1.29 is 14.6 Å². The Labute approximate surface area is 179 Å². The van der Waals surface area contributed by atoms with Crippen LogP contribution in [0.15, 0.2) is 22.2 Å². The average Bonchev–Trinajstić information content (AvgIpc) is 3.08. The lowest BCUT2D eigenvalue weighted by molar-refractivity contribution is 0.0196. The number of carbonyl (C=O) groups is 1. The van der Waals surface area contributed by atoms with Gasteiger partial charge in [-0.15, -0.1) is 6.58 Å². The monoisotopic (exact) mass is 434 g/mol. The molecular formula is C20H30N6O5. The van der Waals surface area contributed by atoms with Crippen molar-refractivity contribution in [2.24, 2.45) is 14.1 Å². The van der Waals surface area contributed by atoms with Gasteiger partial charge in [0.25, 0.3) is 5.56 Å². The van der Waals surface area contributed by atoms with Gasteiger partial charge in [-0.05, 0) is 20.8 Å². The molecule has 31 heavy (non-hydrogen) atoms. The quantitative estimate of drug-likeness (QED) is 0.676. The molecule has 0 radical (unpaired) electrons. The molecule has 0 saturated carbocycles. The molecule has 2 aromatic rings. The van der Waals surface area contributed by atoms with Crippen LogP contribution in [0.1, 0.15) is 20.8 Å². The Morgan fingerprint density at radius 2 is 1.94 bits per heavy atom. The van der Waals surface area contributed by atoms with E-state index >= 15 is 0 Å². The summed E-state index contributed by atoms with van der Waals surface area (Å²) in [6.07, 6.45) is 1.20. The Bertz CT molecular complexity index is 1120. The summed E-state index contributed by atoms with van der Waals surface area (Å²) in [7, 11) is 2.98. The zero-order chi connectivity index (χ0) is 23.1. The molecule has 1 atom stereocenters. The maximum Gasteiger partial charge on any atom is 0.410 e. The van der Waals surface area contributed by atoms with Crippen LogP contribution in [0.2, 0.25) is 0 Å². The highest BCUT2D eigenvalue weighted by Crippen LogP contribution is 2.24. The lowest BCUT2D eigenvalue weighted by Crippen LogP contribution is -2.57. The van der Waals surface area contributed by atoms with Gasteiger partial charge in [-0.1, -0.05) is 6.08 Å². The molecule has 0 spiro atoms. The predicted octanol–water partition coefficient (Wildman–Crippen LogP) is 0.0377. The first kappa shape index (κ1) is 22.6. The lowest BCUT2D eigenvalue weighted by Gasteiger charge is -2.41. The topological polar surface area (TPSA) is 115 Å². The number of hydrogen-bond donors (Lipinski definition) is 1. The smallest absolute Gasteiger partial charge is 0.410 e. The third kappa shape index (κ3) is 4.09. The van der Waals surface area contributed by atoms with Gasteiger partial charge >= 0.3 is 11.8 Å². The van der Waals surface area contributed by atoms with Gasteiger partial charge in [-0.25, -0.2) is 9.59 Å². The third-order valence-corrected chi connectivity index (χ3v) is 5.24. The second-order valence-corrected chi connectivity index (χ2v) is 8.65. The molecule has 3 rings (SSSR count). The zero-order valence-corrected chi connectivity index (χ0v) is 18.7. The Hall–Kier alpha value is -3.08. The number of rotatable bonds is 4. The van der Waals surface area contributed by atoms with Crippen molar-refractivity contribution in [1.82, 2.24) is 23.6 Å². The molecule has 170 valence electrons. The molecule has 3 heterocycles. The van der Waals surface area contributed by atoms with Crippen molar-refractivity contribution in [2.45, 2.75) is 39.0 Å². The maximum absolute atomic E-state index is 12.8. The number of ether oxygens (including phenoxy) is 1. The van der Waals surface area contributed by atoms with E-state index in [0.717, 1.165) is 4.57 Å². The molecule has 0 aromatic carbocycles. The van der Waals surface area contributed by atoms with Crippen molar-refractivity contribution in [2.75, 3.05) is 31.1 Å². The first-order valence-electron chi connectivity index (χ1n) is 10.1. The summed E-state index contributed by atoms with van der Waals surface area (Å²) in [4.78, 5) is 45.7. The van der Waals surface area contributed by atoms with Crippen molar-refractivity contribution in [3.8, 4) is 0 Å². The molecule has 1 unspecified atom stereocenters. The number of fused-ring (bicyclic) bond motifs is 1. The number of aliphatic hydroxyl groups excluding tert-OH is 1. The van der Waals surface area contributed by atoms with E-state index < -0.39 is 29.0 Å². The number of aryl methyl sites for hydroxylation is 1. The number of anilines is 1. The van der Waals surface area contributed by atoms with E-state index in [4.69, 9.17) is 4.74 Å². The number of imidazole rings is 1. The Kier molecular flexibility index (Phi) is 5.99. The second-order valence-electron chi connectivity index (χ2n) is 8.65. The van der Waals surface area contributed by atoms with E-state index in [-0.39, 0.29) is 24.3 Å². The number of allylic oxidation sites excluding steroid dienone is 1. The number of aliphatic hydroxyl groups is 1. The van der Waals surface area contributed by atoms with Crippen LogP contribution in [0.5, 0.6) is 0 Å². The molecule has 11 nitrogen and oxygen atoms in total. The minimum absolute atomic E-state index is 0.229. The molecule has 11 heteroatoms. The average molecular weight is 434 g/mol. The molecule has 1 aliphatic heterocycles. The molecule has 0 aliphatic carbocycles. The summed E-state index contributed by atoms with van der Waals surface area (Å²) in [6, 6.07) is -0.456. The number of carbonyl (C=O) groups excluding carboxylic acids is 1. The summed E-state index contributed by atoms with van der Waals surface area (Å²) < 4.78 is 9.50. The van der Waals surface area contributed by atoms with Gasteiger partial charge in [0.1, 0.15) is 5.60 Å². The second kappa shape index (κ2) is 8.22. The van der Waals surface area contributed by atoms with Crippen LogP contribution in [0, 0.1) is 0 Å². The van der Waals surface area contributed by atoms with Crippen molar-refractivity contribution in [3.05, 3.63) is 33.5 Å². The first-order chi connectivity index (χ1) is 14.5. The summed E-state index contributed by atoms with van der Waals surface area (Å²) in [5.74, 6) is 0.441. The molecule has 1 N–H and O–H groups in total. The third-order valence-electron chi connectivity index (χ3n) is 5.24. The van der Waals surface area contributed by atoms with Gasteiger partial charge in [0, 0.05) is 40.3 Å². The van der Waals surface area contributed by atoms with E-state index in [1.54, 1.807) is 43.4 Å². The molecule has 0 bridgehead atoms. The number of hydrogen-bond acceptors (Lipinski definition) is 7. The maximum atomic E-state index is 12.8. The predicted molar refractivity (Wildman–Crippen MR) is 116 cm³/mol. The molecule has 1 aliphatic rings. The minimum Gasteiger partial charge on any atom is -0.444 e. The van der Waals surface area contributed by atoms with Crippen LogP contribution < -0.4 is 16.1 Å². The normalized spacial score (nSPS) is 17.3. The van der Waals surface area contributed by atoms with Gasteiger partial charge in [0.15, 0.2) is 11.2 Å². The Balaban J connectivity index is 2.04. The van der Waals surface area contributed by atoms with E-state index in [1.807, 2.05) is 4.90 Å². The van der Waals surface area contributed by atoms with Crippen LogP contribution in [0.25, 0.3) is 11.2 Å². The fourth-order valence-corrected chi connectivity index (χ4v) is 3.72. The van der Waals surface area contributed by atoms with Crippen LogP contribution in [0.4, 0.5) is 10.7 Å². The van der Waals surface area contributed by atoms with Crippen molar-refractivity contribution in [1.29, 1.82) is 0 Å². The summed E-state index contributed by atoms with van der Waals surface area (Å²) in [5, 5.41) is 10.0. The zero-order valence-electron chi connectivity index (χ0n) is 18.7. The SMILES string of the molecule is C=CCn1c(N2CCN(C(=O)OC(C)(C)C)CC2CO)nc2c1c(=O)n(C)c(=O)n2C. The van der Waals surface area contributed by atoms with E-state index in [9.17, 15) is 19.5 Å². The molecular weight excluding hydrogens is 404 g/mol. The number of nitrogens with zero attached hydrogens (tertiary/aromatic N) is 6. The van der Waals surface area contributed by atoms with Crippen LogP contribution in [-0.4, -0.2) is 72.7 Å². The lowest BCUT2D eigenvalue weighted by atomic mass is 10.2. The minimum atomic E-state index is -0.619. The van der Waals surface area contributed by atoms with Crippen LogP contribution in [0.3, 0.4) is 0 Å². The van der Waals surface area contributed by atoms with Crippen LogP contribution >= 0.6 is 0 Å². The van der Waals surface area contributed by atoms with Gasteiger partial charge < -0.3 is 24.2 Å². The van der Waals surface area contributed by atoms with Crippen molar-refractivity contribution >= 4 is 23.2 Å². The van der Waals surface area contributed by atoms with E-state index in [2.05, 4.69) is 11.6 Å². The first-order valence-corrected chi connectivity index (χ1v) is 10.1. The summed E-state index contributed by atoms with van der Waals surface area (Å²) in [5.41, 5.74) is -1.000. The standard InChI is InChI=1S/C20H30N6O5/c1-7-8-26-14-15(22(5)18(29)23(6)16(14)28)21-17(26)25-10-9-24(11-13(25)12-27)19(30)31-20(2,3)4/h7,13,27H,1,8-12H2,2-6H3. The highest BCUT2D eigenvalue weighted by molar-refractivity contribution is 5.75. The number of amides is 1. The summed E-state index contributed by atoms with van der Waals surface area (Å²) in [6.45, 7) is 10.2. The number of piperazine rings is 1. The van der Waals surface area contributed by atoms with Gasteiger partial charge in [0.2, 0.25) is 5.95 Å². The molecule has 2 aromatic heterocycles. The highest BCUT2D eigenvalue weighted by atomic mass is 16.6. The van der Waals surface area contributed by atoms with Gasteiger partial charge in [-0.2, -0.15) is 4.98 Å². The van der Waals surface area contributed by atoms with Gasteiger partial charge in [0.05, 0.1) is 12.6 Å². The Morgan fingerprint density at radius 1 is 1.26 bits per heavy atom. The largest absolute Gasteiger partial charge is 0.444 e. The van der Waals surface area contributed by atoms with Gasteiger partial charge in [-0.3, -0.25) is 13.9 Å². The molecule has 1 fully saturated rings. The summed E-state index contributed by atoms with van der Waals surface area (Å²) >= 11 is 0. The molecule has 1 saturated heterocycles. The fraction of sp³-hybridized carbons (Fsp3) is 0.600. The van der Waals surface area contributed by atoms with E-state index in [1.165, 1.54) is 11.6 Å². The van der Waals surface area contributed by atoms with Crippen molar-refractivity contribution in [3.63, 3.8) is 0 Å². The Morgan fingerprint density at radius 3 is 2.52 bits per heavy atom.